The molecule has 3 nitrogen and oxygen atoms in total. The summed E-state index contributed by atoms with van der Waals surface area (Å²) >= 11 is 0. The largest absolute Gasteiger partial charge is 0.342 e. The first kappa shape index (κ1) is 14.1. The predicted molar refractivity (Wildman–Crippen MR) is 77.8 cm³/mol. The lowest BCUT2D eigenvalue weighted by molar-refractivity contribution is -0.135. The molecule has 1 saturated heterocycles. The Hall–Kier alpha value is -1.35. The van der Waals surface area contributed by atoms with Gasteiger partial charge in [-0.2, -0.15) is 0 Å². The van der Waals surface area contributed by atoms with Crippen molar-refractivity contribution in [2.75, 3.05) is 13.1 Å². The number of hydrogen-bond acceptors (Lipinski definition) is 2. The van der Waals surface area contributed by atoms with Gasteiger partial charge in [-0.15, -0.1) is 0 Å². The second kappa shape index (κ2) is 5.33. The molecular formula is C16H24N2O. The van der Waals surface area contributed by atoms with Crippen LogP contribution >= 0.6 is 0 Å². The van der Waals surface area contributed by atoms with Crippen molar-refractivity contribution in [2.24, 2.45) is 11.7 Å². The summed E-state index contributed by atoms with van der Waals surface area (Å²) in [6, 6.07) is 10.2. The Morgan fingerprint density at radius 3 is 2.53 bits per heavy atom. The monoisotopic (exact) mass is 260 g/mol. The van der Waals surface area contributed by atoms with Gasteiger partial charge in [-0.1, -0.05) is 30.3 Å². The van der Waals surface area contributed by atoms with Crippen molar-refractivity contribution in [3.05, 3.63) is 35.9 Å². The highest BCUT2D eigenvalue weighted by Crippen LogP contribution is 2.29. The highest BCUT2D eigenvalue weighted by atomic mass is 16.2. The van der Waals surface area contributed by atoms with Crippen LogP contribution < -0.4 is 5.73 Å². The van der Waals surface area contributed by atoms with Crippen LogP contribution in [0.15, 0.2) is 30.3 Å². The van der Waals surface area contributed by atoms with Gasteiger partial charge < -0.3 is 10.6 Å². The highest BCUT2D eigenvalue weighted by molar-refractivity contribution is 5.87. The van der Waals surface area contributed by atoms with Crippen LogP contribution in [-0.2, 0) is 10.2 Å². The fraction of sp³-hybridized carbons (Fsp3) is 0.562. The molecule has 0 aliphatic carbocycles. The molecule has 0 aromatic heterocycles. The van der Waals surface area contributed by atoms with Crippen LogP contribution in [0.2, 0.25) is 0 Å². The minimum atomic E-state index is -0.464. The van der Waals surface area contributed by atoms with Gasteiger partial charge in [0.25, 0.3) is 0 Å². The van der Waals surface area contributed by atoms with E-state index in [4.69, 9.17) is 5.73 Å². The van der Waals surface area contributed by atoms with E-state index in [1.807, 2.05) is 56.0 Å². The zero-order chi connectivity index (χ0) is 14.0. The average molecular weight is 260 g/mol. The Balaban J connectivity index is 2.12. The molecule has 1 amide bonds. The third-order valence-corrected chi connectivity index (χ3v) is 4.29. The zero-order valence-electron chi connectivity index (χ0n) is 12.1. The number of rotatable bonds is 3. The molecule has 0 saturated carbocycles. The van der Waals surface area contributed by atoms with Crippen LogP contribution in [0.5, 0.6) is 0 Å². The Bertz CT molecular complexity index is 439. The fourth-order valence-electron chi connectivity index (χ4n) is 2.77. The molecule has 1 fully saturated rings. The molecule has 1 aromatic carbocycles. The van der Waals surface area contributed by atoms with Crippen LogP contribution in [0.25, 0.3) is 0 Å². The molecule has 19 heavy (non-hydrogen) atoms. The maximum absolute atomic E-state index is 12.7. The summed E-state index contributed by atoms with van der Waals surface area (Å²) in [7, 11) is 0. The summed E-state index contributed by atoms with van der Waals surface area (Å²) in [6.45, 7) is 7.67. The van der Waals surface area contributed by atoms with E-state index in [1.54, 1.807) is 0 Å². The number of benzene rings is 1. The van der Waals surface area contributed by atoms with Crippen LogP contribution in [0.1, 0.15) is 32.8 Å². The number of nitrogens with two attached hydrogens (primary N) is 1. The van der Waals surface area contributed by atoms with Crippen molar-refractivity contribution in [2.45, 2.75) is 38.6 Å². The summed E-state index contributed by atoms with van der Waals surface area (Å²) in [5.74, 6) is 0.650. The van der Waals surface area contributed by atoms with E-state index in [1.165, 1.54) is 0 Å². The van der Waals surface area contributed by atoms with Crippen molar-refractivity contribution < 1.29 is 4.79 Å². The summed E-state index contributed by atoms with van der Waals surface area (Å²) in [4.78, 5) is 14.7. The number of carbonyl (C=O) groups excluding carboxylic acids is 1. The fourth-order valence-corrected chi connectivity index (χ4v) is 2.77. The molecule has 2 rings (SSSR count). The van der Waals surface area contributed by atoms with Crippen LogP contribution in [0.4, 0.5) is 0 Å². The molecule has 0 radical (unpaired) electrons. The van der Waals surface area contributed by atoms with Crippen molar-refractivity contribution in [1.82, 2.24) is 4.90 Å². The van der Waals surface area contributed by atoms with Gasteiger partial charge in [-0.05, 0) is 38.7 Å². The SMILES string of the molecule is CC(N)C1CCN(C(=O)C(C)(C)c2ccccc2)C1. The topological polar surface area (TPSA) is 46.3 Å². The second-order valence-corrected chi connectivity index (χ2v) is 6.15. The number of carbonyl (C=O) groups is 1. The molecule has 1 aromatic rings. The minimum absolute atomic E-state index is 0.164. The first-order chi connectivity index (χ1) is 8.93. The van der Waals surface area contributed by atoms with E-state index in [9.17, 15) is 4.79 Å². The molecule has 3 heteroatoms. The lowest BCUT2D eigenvalue weighted by atomic mass is 9.83. The summed E-state index contributed by atoms with van der Waals surface area (Å²) in [5, 5.41) is 0. The second-order valence-electron chi connectivity index (χ2n) is 6.15. The highest BCUT2D eigenvalue weighted by Gasteiger charge is 2.37. The number of likely N-dealkylation sites (tertiary alicyclic amines) is 1. The molecule has 104 valence electrons. The number of amides is 1. The maximum atomic E-state index is 12.7. The lowest BCUT2D eigenvalue weighted by Crippen LogP contribution is -2.43. The standard InChI is InChI=1S/C16H24N2O/c1-12(17)13-9-10-18(11-13)15(19)16(2,3)14-7-5-4-6-8-14/h4-8,12-13H,9-11,17H2,1-3H3. The summed E-state index contributed by atoms with van der Waals surface area (Å²) in [6.07, 6.45) is 1.02. The van der Waals surface area contributed by atoms with Gasteiger partial charge in [0.2, 0.25) is 5.91 Å². The van der Waals surface area contributed by atoms with Crippen molar-refractivity contribution in [3.63, 3.8) is 0 Å². The molecule has 0 bridgehead atoms. The van der Waals surface area contributed by atoms with Crippen molar-refractivity contribution >= 4 is 5.91 Å². The number of nitrogens with zero attached hydrogens (tertiary/aromatic N) is 1. The molecule has 1 aliphatic rings. The van der Waals surface area contributed by atoms with Crippen molar-refractivity contribution in [3.8, 4) is 0 Å². The smallest absolute Gasteiger partial charge is 0.232 e. The average Bonchev–Trinajstić information content (AvgIpc) is 2.88. The normalized spacial score (nSPS) is 21.5. The van der Waals surface area contributed by atoms with Gasteiger partial charge >= 0.3 is 0 Å². The van der Waals surface area contributed by atoms with E-state index in [0.717, 1.165) is 25.1 Å². The molecule has 2 unspecified atom stereocenters. The van der Waals surface area contributed by atoms with Crippen molar-refractivity contribution in [1.29, 1.82) is 0 Å². The van der Waals surface area contributed by atoms with Crippen LogP contribution in [0, 0.1) is 5.92 Å². The molecule has 1 heterocycles. The predicted octanol–water partition coefficient (Wildman–Crippen LogP) is 2.16. The molecule has 1 aliphatic heterocycles. The Kier molecular flexibility index (Phi) is 3.95. The van der Waals surface area contributed by atoms with E-state index >= 15 is 0 Å². The van der Waals surface area contributed by atoms with Crippen LogP contribution in [-0.4, -0.2) is 29.9 Å². The Morgan fingerprint density at radius 2 is 2.00 bits per heavy atom. The van der Waals surface area contributed by atoms with Gasteiger partial charge in [0.1, 0.15) is 0 Å². The lowest BCUT2D eigenvalue weighted by Gasteiger charge is -2.30. The van der Waals surface area contributed by atoms with E-state index in [-0.39, 0.29) is 11.9 Å². The van der Waals surface area contributed by atoms with Gasteiger partial charge in [-0.25, -0.2) is 0 Å². The number of hydrogen-bond donors (Lipinski definition) is 1. The minimum Gasteiger partial charge on any atom is -0.342 e. The maximum Gasteiger partial charge on any atom is 0.232 e. The third kappa shape index (κ3) is 2.81. The first-order valence-corrected chi connectivity index (χ1v) is 7.03. The van der Waals surface area contributed by atoms with Gasteiger partial charge in [0.05, 0.1) is 5.41 Å². The molecule has 2 atom stereocenters. The Morgan fingerprint density at radius 1 is 1.37 bits per heavy atom. The zero-order valence-corrected chi connectivity index (χ0v) is 12.1. The molecule has 0 spiro atoms. The Labute approximate surface area is 115 Å². The molecule has 2 N–H and O–H groups in total. The summed E-state index contributed by atoms with van der Waals surface area (Å²) < 4.78 is 0. The third-order valence-electron chi connectivity index (χ3n) is 4.29. The van der Waals surface area contributed by atoms with E-state index < -0.39 is 5.41 Å². The van der Waals surface area contributed by atoms with Gasteiger partial charge in [0.15, 0.2) is 0 Å². The van der Waals surface area contributed by atoms with E-state index in [0.29, 0.717) is 5.92 Å². The summed E-state index contributed by atoms with van der Waals surface area (Å²) in [5.41, 5.74) is 6.55. The van der Waals surface area contributed by atoms with E-state index in [2.05, 4.69) is 0 Å². The quantitative estimate of drug-likeness (QED) is 0.905. The first-order valence-electron chi connectivity index (χ1n) is 7.03. The van der Waals surface area contributed by atoms with Gasteiger partial charge in [0, 0.05) is 19.1 Å². The van der Waals surface area contributed by atoms with Gasteiger partial charge in [-0.3, -0.25) is 4.79 Å². The van der Waals surface area contributed by atoms with Crippen LogP contribution in [0.3, 0.4) is 0 Å². The molecular weight excluding hydrogens is 236 g/mol.